The molecule has 4 rings (SSSR count). The molecule has 2 N–H and O–H groups in total. The minimum absolute atomic E-state index is 0.0549. The van der Waals surface area contributed by atoms with E-state index in [-0.39, 0.29) is 5.91 Å². The van der Waals surface area contributed by atoms with Crippen LogP contribution in [0.15, 0.2) is 42.6 Å². The summed E-state index contributed by atoms with van der Waals surface area (Å²) in [7, 11) is 2.00. The first-order chi connectivity index (χ1) is 17.2. The lowest BCUT2D eigenvalue weighted by Gasteiger charge is -2.28. The third-order valence-corrected chi connectivity index (χ3v) is 7.20. The topological polar surface area (TPSA) is 86.3 Å². The van der Waals surface area contributed by atoms with Gasteiger partial charge in [-0.3, -0.25) is 9.48 Å². The van der Waals surface area contributed by atoms with Gasteiger partial charge in [0.15, 0.2) is 8.32 Å². The predicted octanol–water partition coefficient (Wildman–Crippen LogP) is 5.27. The molecule has 2 aromatic heterocycles. The van der Waals surface area contributed by atoms with Gasteiger partial charge >= 0.3 is 0 Å². The number of benzene rings is 2. The first kappa shape index (κ1) is 26.4. The number of hydrogen-bond acceptors (Lipinski definition) is 5. The Labute approximate surface area is 219 Å². The fraction of sp³-hybridized carbons (Fsp3) is 0.345. The highest BCUT2D eigenvalue weighted by molar-refractivity contribution is 6.69. The Morgan fingerprint density at radius 3 is 2.49 bits per heavy atom. The van der Waals surface area contributed by atoms with Crippen molar-refractivity contribution in [3.8, 4) is 11.8 Å². The highest BCUT2D eigenvalue weighted by Gasteiger charge is 2.25. The first-order valence-electron chi connectivity index (χ1n) is 12.3. The number of carbonyl (C=O) groups excluding carboxylic acids is 1. The molecule has 0 aliphatic heterocycles. The molecule has 0 atom stereocenters. The molecule has 2 aromatic carbocycles. The van der Waals surface area contributed by atoms with Crippen molar-refractivity contribution in [3.05, 3.63) is 64.8 Å². The Kier molecular flexibility index (Phi) is 6.89. The molecule has 4 aromatic rings. The number of aromatic nitrogens is 3. The third-order valence-electron chi connectivity index (χ3n) is 6.07. The van der Waals surface area contributed by atoms with Crippen molar-refractivity contribution < 1.29 is 9.22 Å². The van der Waals surface area contributed by atoms with E-state index in [2.05, 4.69) is 41.6 Å². The highest BCUT2D eigenvalue weighted by atomic mass is 28.4. The van der Waals surface area contributed by atoms with Gasteiger partial charge in [-0.25, -0.2) is 4.98 Å². The van der Waals surface area contributed by atoms with Crippen LogP contribution in [-0.4, -0.2) is 46.5 Å². The Hall–Kier alpha value is -3.67. The average Bonchev–Trinajstić information content (AvgIpc) is 3.19. The first-order valence-corrected chi connectivity index (χ1v) is 15.7. The summed E-state index contributed by atoms with van der Waals surface area (Å²) in [6.07, 6.45) is 1.71. The van der Waals surface area contributed by atoms with Crippen LogP contribution in [0, 0.1) is 18.8 Å². The molecule has 1 amide bonds. The van der Waals surface area contributed by atoms with Crippen LogP contribution in [0.25, 0.3) is 21.8 Å². The molecule has 2 heterocycles. The Bertz CT molecular complexity index is 1550. The van der Waals surface area contributed by atoms with Gasteiger partial charge in [-0.2, -0.15) is 5.10 Å². The zero-order valence-corrected chi connectivity index (χ0v) is 23.9. The van der Waals surface area contributed by atoms with Gasteiger partial charge in [-0.15, -0.1) is 0 Å². The molecule has 0 saturated heterocycles. The molecule has 0 bridgehead atoms. The number of nitrogen functional groups attached to an aromatic ring is 1. The molecule has 8 heteroatoms. The van der Waals surface area contributed by atoms with Crippen molar-refractivity contribution in [2.75, 3.05) is 12.8 Å². The van der Waals surface area contributed by atoms with Gasteiger partial charge in [0.2, 0.25) is 0 Å². The standard InChI is InChI=1S/C29H35N5O2Si/c1-19-15-25-23(26-24(27(30)32-25)17-31-34(26)5)16-22(19)28(35)33(4)18-21-11-9-20(10-12-21)13-14-29(2,3)36-37(6,7)8/h9-12,15-17H,18H2,1-8H3,(H2,30,32). The number of anilines is 1. The van der Waals surface area contributed by atoms with Gasteiger partial charge in [0.05, 0.1) is 22.6 Å². The number of rotatable bonds is 5. The summed E-state index contributed by atoms with van der Waals surface area (Å²) < 4.78 is 7.94. The zero-order chi connectivity index (χ0) is 27.1. The Morgan fingerprint density at radius 1 is 1.16 bits per heavy atom. The van der Waals surface area contributed by atoms with E-state index >= 15 is 0 Å². The number of carbonyl (C=O) groups is 1. The second-order valence-electron chi connectivity index (χ2n) is 11.0. The summed E-state index contributed by atoms with van der Waals surface area (Å²) in [5.41, 5.74) is 10.7. The lowest BCUT2D eigenvalue weighted by Crippen LogP contribution is -2.37. The minimum Gasteiger partial charge on any atom is -0.402 e. The highest BCUT2D eigenvalue weighted by Crippen LogP contribution is 2.30. The van der Waals surface area contributed by atoms with Gasteiger partial charge in [0.25, 0.3) is 5.91 Å². The number of amides is 1. The molecule has 0 saturated carbocycles. The van der Waals surface area contributed by atoms with E-state index in [1.165, 1.54) is 0 Å². The van der Waals surface area contributed by atoms with E-state index in [0.29, 0.717) is 17.9 Å². The molecule has 37 heavy (non-hydrogen) atoms. The molecular weight excluding hydrogens is 478 g/mol. The lowest BCUT2D eigenvalue weighted by atomic mass is 10.0. The quantitative estimate of drug-likeness (QED) is 0.290. The van der Waals surface area contributed by atoms with Gasteiger partial charge in [0, 0.05) is 37.2 Å². The van der Waals surface area contributed by atoms with Gasteiger partial charge in [-0.1, -0.05) is 24.0 Å². The summed E-state index contributed by atoms with van der Waals surface area (Å²) in [6, 6.07) is 11.8. The molecular formula is C29H35N5O2Si. The SMILES string of the molecule is Cc1cc2nc(N)c3cnn(C)c3c2cc1C(=O)N(C)Cc1ccc(C#CC(C)(C)O[Si](C)(C)C)cc1. The zero-order valence-electron chi connectivity index (χ0n) is 22.9. The number of hydrogen-bond donors (Lipinski definition) is 1. The number of nitrogens with two attached hydrogens (primary N) is 1. The molecule has 0 unspecified atom stereocenters. The van der Waals surface area contributed by atoms with Crippen LogP contribution in [0.1, 0.15) is 40.9 Å². The molecule has 0 radical (unpaired) electrons. The summed E-state index contributed by atoms with van der Waals surface area (Å²) >= 11 is 0. The second-order valence-corrected chi connectivity index (χ2v) is 15.5. The number of aryl methyl sites for hydroxylation is 2. The fourth-order valence-electron chi connectivity index (χ4n) is 4.60. The fourth-order valence-corrected chi connectivity index (χ4v) is 6.18. The van der Waals surface area contributed by atoms with Crippen LogP contribution in [0.4, 0.5) is 5.82 Å². The normalized spacial score (nSPS) is 12.0. The van der Waals surface area contributed by atoms with Crippen molar-refractivity contribution in [2.24, 2.45) is 7.05 Å². The average molecular weight is 514 g/mol. The Balaban J connectivity index is 1.54. The molecule has 0 spiro atoms. The third kappa shape index (κ3) is 5.84. The van der Waals surface area contributed by atoms with Crippen LogP contribution < -0.4 is 5.73 Å². The number of pyridine rings is 1. The van der Waals surface area contributed by atoms with E-state index in [1.54, 1.807) is 15.8 Å². The maximum Gasteiger partial charge on any atom is 0.254 e. The van der Waals surface area contributed by atoms with Crippen molar-refractivity contribution >= 4 is 41.8 Å². The van der Waals surface area contributed by atoms with Gasteiger partial charge < -0.3 is 15.1 Å². The van der Waals surface area contributed by atoms with Crippen LogP contribution >= 0.6 is 0 Å². The summed E-state index contributed by atoms with van der Waals surface area (Å²) in [4.78, 5) is 19.7. The van der Waals surface area contributed by atoms with E-state index < -0.39 is 13.9 Å². The molecule has 7 nitrogen and oxygen atoms in total. The maximum atomic E-state index is 13.5. The summed E-state index contributed by atoms with van der Waals surface area (Å²) in [5.74, 6) is 6.86. The van der Waals surface area contributed by atoms with Crippen LogP contribution in [0.2, 0.25) is 19.6 Å². The van der Waals surface area contributed by atoms with Gasteiger partial charge in [0.1, 0.15) is 11.4 Å². The van der Waals surface area contributed by atoms with E-state index in [1.807, 2.05) is 71.3 Å². The van der Waals surface area contributed by atoms with Crippen LogP contribution in [0.5, 0.6) is 0 Å². The summed E-state index contributed by atoms with van der Waals surface area (Å²) in [6.45, 7) is 12.9. The van der Waals surface area contributed by atoms with E-state index in [0.717, 1.165) is 38.5 Å². The van der Waals surface area contributed by atoms with Crippen molar-refractivity contribution in [2.45, 2.75) is 52.6 Å². The van der Waals surface area contributed by atoms with Crippen molar-refractivity contribution in [1.82, 2.24) is 19.7 Å². The van der Waals surface area contributed by atoms with E-state index in [4.69, 9.17) is 10.2 Å². The molecule has 0 fully saturated rings. The van der Waals surface area contributed by atoms with Crippen LogP contribution in [-0.2, 0) is 18.0 Å². The summed E-state index contributed by atoms with van der Waals surface area (Å²) in [5, 5.41) is 5.97. The monoisotopic (exact) mass is 513 g/mol. The maximum absolute atomic E-state index is 13.5. The largest absolute Gasteiger partial charge is 0.402 e. The number of fused-ring (bicyclic) bond motifs is 3. The number of nitrogens with zero attached hydrogens (tertiary/aromatic N) is 4. The molecule has 192 valence electrons. The van der Waals surface area contributed by atoms with Crippen molar-refractivity contribution in [1.29, 1.82) is 0 Å². The second kappa shape index (κ2) is 9.65. The minimum atomic E-state index is -1.69. The van der Waals surface area contributed by atoms with E-state index in [9.17, 15) is 4.79 Å². The smallest absolute Gasteiger partial charge is 0.254 e. The molecule has 0 aliphatic rings. The predicted molar refractivity (Wildman–Crippen MR) is 153 cm³/mol. The lowest BCUT2D eigenvalue weighted by molar-refractivity contribution is 0.0784. The van der Waals surface area contributed by atoms with Crippen LogP contribution in [0.3, 0.4) is 0 Å². The Morgan fingerprint density at radius 2 is 1.84 bits per heavy atom. The van der Waals surface area contributed by atoms with Crippen molar-refractivity contribution in [3.63, 3.8) is 0 Å². The molecule has 0 aliphatic carbocycles. The van der Waals surface area contributed by atoms with Gasteiger partial charge in [-0.05, 0) is 75.8 Å².